The lowest BCUT2D eigenvalue weighted by Crippen LogP contribution is -2.24. The maximum Gasteiger partial charge on any atom is 0.142 e. The van der Waals surface area contributed by atoms with E-state index in [2.05, 4.69) is 18.8 Å². The zero-order valence-electron chi connectivity index (χ0n) is 11.3. The van der Waals surface area contributed by atoms with Crippen molar-refractivity contribution in [2.45, 2.75) is 33.6 Å². The molecule has 0 bridgehead atoms. The summed E-state index contributed by atoms with van der Waals surface area (Å²) in [6, 6.07) is 0. The van der Waals surface area contributed by atoms with Gasteiger partial charge in [-0.3, -0.25) is 9.79 Å². The van der Waals surface area contributed by atoms with Crippen molar-refractivity contribution in [2.75, 3.05) is 20.3 Å². The summed E-state index contributed by atoms with van der Waals surface area (Å²) in [6.07, 6.45) is 1.71. The minimum atomic E-state index is 0.109. The molecule has 0 aromatic carbocycles. The number of carbonyl (C=O) groups is 1. The highest BCUT2D eigenvalue weighted by molar-refractivity contribution is 6.07. The van der Waals surface area contributed by atoms with Crippen molar-refractivity contribution >= 4 is 11.5 Å². The van der Waals surface area contributed by atoms with Gasteiger partial charge < -0.3 is 4.74 Å². The van der Waals surface area contributed by atoms with Crippen LogP contribution in [0, 0.1) is 23.2 Å². The summed E-state index contributed by atoms with van der Waals surface area (Å²) in [5.74, 6) is 1.69. The highest BCUT2D eigenvalue weighted by Crippen LogP contribution is 2.68. The molecule has 0 aromatic rings. The number of aliphatic imine (C=N–C) groups is 1. The summed E-state index contributed by atoms with van der Waals surface area (Å²) in [4.78, 5) is 16.5. The first kappa shape index (κ1) is 12.7. The van der Waals surface area contributed by atoms with E-state index in [1.807, 2.05) is 6.92 Å². The molecule has 3 atom stereocenters. The number of ether oxygens (including phenoxy) is 1. The first-order valence-electron chi connectivity index (χ1n) is 6.52. The third-order valence-corrected chi connectivity index (χ3v) is 4.58. The predicted molar refractivity (Wildman–Crippen MR) is 68.3 cm³/mol. The molecule has 0 amide bonds. The highest BCUT2D eigenvalue weighted by atomic mass is 16.5. The van der Waals surface area contributed by atoms with E-state index in [4.69, 9.17) is 4.74 Å². The molecule has 0 spiro atoms. The summed E-state index contributed by atoms with van der Waals surface area (Å²) >= 11 is 0. The Balaban J connectivity index is 1.95. The Morgan fingerprint density at radius 2 is 2.24 bits per heavy atom. The van der Waals surface area contributed by atoms with Crippen molar-refractivity contribution in [3.8, 4) is 0 Å². The largest absolute Gasteiger partial charge is 0.385 e. The summed E-state index contributed by atoms with van der Waals surface area (Å²) in [5, 5.41) is 0. The zero-order valence-corrected chi connectivity index (χ0v) is 11.3. The molecular weight excluding hydrogens is 214 g/mol. The maximum atomic E-state index is 11.9. The number of hydrogen-bond acceptors (Lipinski definition) is 3. The third kappa shape index (κ3) is 2.17. The van der Waals surface area contributed by atoms with Crippen LogP contribution >= 0.6 is 0 Å². The molecule has 0 aromatic heterocycles. The third-order valence-electron chi connectivity index (χ3n) is 4.58. The van der Waals surface area contributed by atoms with Gasteiger partial charge in [-0.15, -0.1) is 0 Å². The van der Waals surface area contributed by atoms with Crippen LogP contribution in [0.25, 0.3) is 0 Å². The molecule has 3 nitrogen and oxygen atoms in total. The maximum absolute atomic E-state index is 11.9. The highest BCUT2D eigenvalue weighted by Gasteiger charge is 2.67. The van der Waals surface area contributed by atoms with Crippen LogP contribution in [0.1, 0.15) is 33.6 Å². The number of hydrogen-bond donors (Lipinski definition) is 0. The molecule has 17 heavy (non-hydrogen) atoms. The van der Waals surface area contributed by atoms with Crippen molar-refractivity contribution in [1.82, 2.24) is 0 Å². The Kier molecular flexibility index (Phi) is 3.39. The number of ketones is 1. The normalized spacial score (nSPS) is 34.9. The molecule has 2 saturated carbocycles. The lowest BCUT2D eigenvalue weighted by atomic mass is 9.89. The van der Waals surface area contributed by atoms with Crippen LogP contribution in [0.3, 0.4) is 0 Å². The number of carbonyl (C=O) groups excluding carboxylic acids is 1. The first-order chi connectivity index (χ1) is 8.00. The van der Waals surface area contributed by atoms with Gasteiger partial charge in [-0.1, -0.05) is 13.8 Å². The van der Waals surface area contributed by atoms with Gasteiger partial charge >= 0.3 is 0 Å². The zero-order chi connectivity index (χ0) is 12.6. The van der Waals surface area contributed by atoms with Gasteiger partial charge in [0.2, 0.25) is 0 Å². The molecule has 2 aliphatic carbocycles. The van der Waals surface area contributed by atoms with E-state index in [9.17, 15) is 4.79 Å². The van der Waals surface area contributed by atoms with Crippen LogP contribution in [0.15, 0.2) is 4.99 Å². The van der Waals surface area contributed by atoms with Crippen LogP contribution < -0.4 is 0 Å². The Morgan fingerprint density at radius 3 is 2.82 bits per heavy atom. The van der Waals surface area contributed by atoms with Crippen LogP contribution in [0.2, 0.25) is 0 Å². The Labute approximate surface area is 104 Å². The van der Waals surface area contributed by atoms with Gasteiger partial charge in [-0.2, -0.15) is 0 Å². The molecule has 1 unspecified atom stereocenters. The average molecular weight is 237 g/mol. The first-order valence-corrected chi connectivity index (χ1v) is 6.52. The molecule has 2 fully saturated rings. The summed E-state index contributed by atoms with van der Waals surface area (Å²) in [7, 11) is 1.70. The van der Waals surface area contributed by atoms with E-state index in [0.29, 0.717) is 23.0 Å². The topological polar surface area (TPSA) is 38.7 Å². The van der Waals surface area contributed by atoms with Gasteiger partial charge in [0.05, 0.1) is 5.92 Å². The molecule has 2 aliphatic rings. The van der Waals surface area contributed by atoms with Crippen molar-refractivity contribution < 1.29 is 9.53 Å². The van der Waals surface area contributed by atoms with E-state index in [1.165, 1.54) is 0 Å². The minimum absolute atomic E-state index is 0.109. The minimum Gasteiger partial charge on any atom is -0.385 e. The molecule has 0 radical (unpaired) electrons. The van der Waals surface area contributed by atoms with Gasteiger partial charge in [0.1, 0.15) is 5.78 Å². The number of methoxy groups -OCH3 is 1. The second-order valence-electron chi connectivity index (χ2n) is 5.97. The fraction of sp³-hybridized carbons (Fsp3) is 0.857. The standard InChI is InChI=1S/C14H23NO2/c1-9(15-6-5-7-17-4)12-11(16)8-10-13(12)14(10,2)3/h10,12-13H,5-8H2,1-4H3/t10-,12?,13-/m1/s1. The average Bonchev–Trinajstić information content (AvgIpc) is 2.64. The fourth-order valence-corrected chi connectivity index (χ4v) is 3.44. The van der Waals surface area contributed by atoms with Crippen LogP contribution in [-0.2, 0) is 9.53 Å². The molecular formula is C14H23NO2. The number of rotatable bonds is 5. The van der Waals surface area contributed by atoms with E-state index in [-0.39, 0.29) is 5.92 Å². The molecule has 3 heteroatoms. The van der Waals surface area contributed by atoms with E-state index < -0.39 is 0 Å². The lowest BCUT2D eigenvalue weighted by Gasteiger charge is -2.16. The number of fused-ring (bicyclic) bond motifs is 1. The summed E-state index contributed by atoms with van der Waals surface area (Å²) in [6.45, 7) is 8.10. The van der Waals surface area contributed by atoms with Crippen molar-refractivity contribution in [2.24, 2.45) is 28.2 Å². The van der Waals surface area contributed by atoms with Crippen LogP contribution in [-0.4, -0.2) is 31.8 Å². The molecule has 0 saturated heterocycles. The molecule has 0 N–H and O–H groups in total. The second kappa shape index (κ2) is 4.52. The SMILES string of the molecule is COCCCN=C(C)C1C(=O)C[C@@H]2[C@H]1C2(C)C. The van der Waals surface area contributed by atoms with Gasteiger partial charge in [0, 0.05) is 32.4 Å². The monoisotopic (exact) mass is 237 g/mol. The summed E-state index contributed by atoms with van der Waals surface area (Å²) in [5.41, 5.74) is 1.41. The smallest absolute Gasteiger partial charge is 0.142 e. The Morgan fingerprint density at radius 1 is 1.53 bits per heavy atom. The van der Waals surface area contributed by atoms with Gasteiger partial charge in [0.25, 0.3) is 0 Å². The van der Waals surface area contributed by atoms with Crippen molar-refractivity contribution in [3.05, 3.63) is 0 Å². The molecule has 0 aliphatic heterocycles. The van der Waals surface area contributed by atoms with Gasteiger partial charge in [-0.25, -0.2) is 0 Å². The quantitative estimate of drug-likeness (QED) is 0.544. The van der Waals surface area contributed by atoms with Gasteiger partial charge in [-0.05, 0) is 30.6 Å². The Hall–Kier alpha value is -0.700. The van der Waals surface area contributed by atoms with Crippen LogP contribution in [0.4, 0.5) is 0 Å². The second-order valence-corrected chi connectivity index (χ2v) is 5.97. The number of nitrogens with zero attached hydrogens (tertiary/aromatic N) is 1. The number of Topliss-reactive ketones (excluding diaryl/α,β-unsaturated/α-hetero) is 1. The van der Waals surface area contributed by atoms with E-state index in [0.717, 1.165) is 31.7 Å². The van der Waals surface area contributed by atoms with Crippen LogP contribution in [0.5, 0.6) is 0 Å². The van der Waals surface area contributed by atoms with Crippen molar-refractivity contribution in [3.63, 3.8) is 0 Å². The molecule has 0 heterocycles. The van der Waals surface area contributed by atoms with E-state index >= 15 is 0 Å². The van der Waals surface area contributed by atoms with Gasteiger partial charge in [0.15, 0.2) is 0 Å². The predicted octanol–water partition coefficient (Wildman–Crippen LogP) is 2.35. The fourth-order valence-electron chi connectivity index (χ4n) is 3.44. The molecule has 96 valence electrons. The molecule has 2 rings (SSSR count). The van der Waals surface area contributed by atoms with E-state index in [1.54, 1.807) is 7.11 Å². The Bertz CT molecular complexity index is 346. The lowest BCUT2D eigenvalue weighted by molar-refractivity contribution is -0.120. The summed E-state index contributed by atoms with van der Waals surface area (Å²) < 4.78 is 5.00. The van der Waals surface area contributed by atoms with Crippen molar-refractivity contribution in [1.29, 1.82) is 0 Å².